The molecule has 1 aliphatic rings. The number of hydrogen-bond acceptors (Lipinski definition) is 5. The summed E-state index contributed by atoms with van der Waals surface area (Å²) in [5, 5.41) is 2.96. The maximum atomic E-state index is 13.3. The molecule has 0 fully saturated rings. The van der Waals surface area contributed by atoms with Gasteiger partial charge in [0.2, 0.25) is 0 Å². The minimum absolute atomic E-state index is 0.0456. The Balaban J connectivity index is 1.77. The minimum Gasteiger partial charge on any atom is -0.495 e. The molecule has 0 spiro atoms. The lowest BCUT2D eigenvalue weighted by Gasteiger charge is -2.17. The molecular formula is C24H17F3N2O3S. The number of anilines is 2. The number of rotatable bonds is 6. The summed E-state index contributed by atoms with van der Waals surface area (Å²) in [6.45, 7) is 0. The molecule has 3 aromatic rings. The fourth-order valence-electron chi connectivity index (χ4n) is 3.26. The average molecular weight is 470 g/mol. The Hall–Kier alpha value is -3.72. The largest absolute Gasteiger partial charge is 0.495 e. The topological polar surface area (TPSA) is 58.6 Å². The SMILES string of the molecule is COc1ccccc1NC1=C(Sc2ccccc2)C(=O)N(c2cccc(C(F)(F)F)c2)C1=O. The Bertz CT molecular complexity index is 1240. The van der Waals surface area contributed by atoms with E-state index in [0.29, 0.717) is 16.3 Å². The van der Waals surface area contributed by atoms with Crippen molar-refractivity contribution in [2.75, 3.05) is 17.3 Å². The van der Waals surface area contributed by atoms with Crippen molar-refractivity contribution in [2.24, 2.45) is 0 Å². The smallest absolute Gasteiger partial charge is 0.416 e. The first kappa shape index (κ1) is 22.5. The number of nitrogens with zero attached hydrogens (tertiary/aromatic N) is 1. The number of ether oxygens (including phenoxy) is 1. The number of amides is 2. The van der Waals surface area contributed by atoms with E-state index >= 15 is 0 Å². The third kappa shape index (κ3) is 4.58. The summed E-state index contributed by atoms with van der Waals surface area (Å²) in [5.74, 6) is -1.04. The van der Waals surface area contributed by atoms with Gasteiger partial charge in [0.1, 0.15) is 16.4 Å². The van der Waals surface area contributed by atoms with Crippen LogP contribution in [0.15, 0.2) is 94.4 Å². The Labute approximate surface area is 191 Å². The van der Waals surface area contributed by atoms with E-state index in [1.807, 2.05) is 6.07 Å². The second-order valence-corrected chi connectivity index (χ2v) is 8.02. The first-order valence-electron chi connectivity index (χ1n) is 9.73. The second kappa shape index (κ2) is 9.03. The van der Waals surface area contributed by atoms with Crippen LogP contribution in [0.2, 0.25) is 0 Å². The number of thioether (sulfide) groups is 1. The van der Waals surface area contributed by atoms with E-state index in [4.69, 9.17) is 4.74 Å². The molecule has 0 saturated heterocycles. The predicted octanol–water partition coefficient (Wildman–Crippen LogP) is 5.70. The zero-order valence-corrected chi connectivity index (χ0v) is 18.0. The highest BCUT2D eigenvalue weighted by Crippen LogP contribution is 2.40. The molecule has 33 heavy (non-hydrogen) atoms. The first-order valence-corrected chi connectivity index (χ1v) is 10.5. The first-order chi connectivity index (χ1) is 15.8. The fourth-order valence-corrected chi connectivity index (χ4v) is 4.21. The van der Waals surface area contributed by atoms with E-state index in [9.17, 15) is 22.8 Å². The molecule has 9 heteroatoms. The third-order valence-corrected chi connectivity index (χ3v) is 5.89. The Morgan fingerprint density at radius 3 is 2.27 bits per heavy atom. The van der Waals surface area contributed by atoms with Gasteiger partial charge in [0, 0.05) is 4.90 Å². The number of methoxy groups -OCH3 is 1. The molecule has 2 amide bonds. The average Bonchev–Trinajstić information content (AvgIpc) is 3.03. The molecule has 3 aromatic carbocycles. The highest BCUT2D eigenvalue weighted by atomic mass is 32.2. The van der Waals surface area contributed by atoms with Crippen molar-refractivity contribution < 1.29 is 27.5 Å². The van der Waals surface area contributed by atoms with Crippen LogP contribution in [0.3, 0.4) is 0 Å². The van der Waals surface area contributed by atoms with E-state index in [1.54, 1.807) is 48.5 Å². The zero-order chi connectivity index (χ0) is 23.6. The molecule has 0 saturated carbocycles. The fraction of sp³-hybridized carbons (Fsp3) is 0.0833. The van der Waals surface area contributed by atoms with Gasteiger partial charge in [-0.2, -0.15) is 13.2 Å². The molecular weight excluding hydrogens is 453 g/mol. The molecule has 0 unspecified atom stereocenters. The van der Waals surface area contributed by atoms with Crippen molar-refractivity contribution in [3.8, 4) is 5.75 Å². The van der Waals surface area contributed by atoms with Gasteiger partial charge in [-0.25, -0.2) is 4.90 Å². The van der Waals surface area contributed by atoms with Crippen molar-refractivity contribution in [2.45, 2.75) is 11.1 Å². The van der Waals surface area contributed by atoms with Crippen LogP contribution in [-0.2, 0) is 15.8 Å². The summed E-state index contributed by atoms with van der Waals surface area (Å²) < 4.78 is 45.0. The number of para-hydroxylation sites is 2. The van der Waals surface area contributed by atoms with Crippen LogP contribution in [0, 0.1) is 0 Å². The lowest BCUT2D eigenvalue weighted by atomic mass is 10.2. The standard InChI is InChI=1S/C24H17F3N2O3S/c1-32-19-13-6-5-12-18(19)28-20-21(33-17-10-3-2-4-11-17)23(31)29(22(20)30)16-9-7-8-15(14-16)24(25,26)27/h2-14,28H,1H3. The number of carbonyl (C=O) groups is 2. The summed E-state index contributed by atoms with van der Waals surface area (Å²) in [6.07, 6.45) is -4.62. The van der Waals surface area contributed by atoms with Gasteiger partial charge in [-0.15, -0.1) is 0 Å². The lowest BCUT2D eigenvalue weighted by Crippen LogP contribution is -2.32. The van der Waals surface area contributed by atoms with Crippen molar-refractivity contribution >= 4 is 35.0 Å². The summed E-state index contributed by atoms with van der Waals surface area (Å²) in [6, 6.07) is 19.8. The van der Waals surface area contributed by atoms with E-state index in [2.05, 4.69) is 5.32 Å². The second-order valence-electron chi connectivity index (χ2n) is 6.94. The molecule has 4 rings (SSSR count). The van der Waals surface area contributed by atoms with Crippen LogP contribution in [0.5, 0.6) is 5.75 Å². The molecule has 168 valence electrons. The molecule has 1 N–H and O–H groups in total. The Morgan fingerprint density at radius 2 is 1.58 bits per heavy atom. The quantitative estimate of drug-likeness (QED) is 0.468. The maximum Gasteiger partial charge on any atom is 0.416 e. The summed E-state index contributed by atoms with van der Waals surface area (Å²) >= 11 is 1.05. The van der Waals surface area contributed by atoms with Gasteiger partial charge in [0.05, 0.1) is 24.0 Å². The number of hydrogen-bond donors (Lipinski definition) is 1. The van der Waals surface area contributed by atoms with Crippen LogP contribution in [0.25, 0.3) is 0 Å². The van der Waals surface area contributed by atoms with Crippen LogP contribution < -0.4 is 15.0 Å². The van der Waals surface area contributed by atoms with Gasteiger partial charge < -0.3 is 10.1 Å². The van der Waals surface area contributed by atoms with Gasteiger partial charge in [0.25, 0.3) is 11.8 Å². The van der Waals surface area contributed by atoms with Crippen LogP contribution in [0.4, 0.5) is 24.5 Å². The van der Waals surface area contributed by atoms with Crippen molar-refractivity contribution in [1.82, 2.24) is 0 Å². The number of alkyl halides is 3. The number of imide groups is 1. The van der Waals surface area contributed by atoms with Crippen LogP contribution >= 0.6 is 11.8 Å². The Morgan fingerprint density at radius 1 is 0.879 bits per heavy atom. The summed E-state index contributed by atoms with van der Waals surface area (Å²) in [4.78, 5) is 28.1. The minimum atomic E-state index is -4.62. The Kier molecular flexibility index (Phi) is 6.15. The highest BCUT2D eigenvalue weighted by Gasteiger charge is 2.41. The van der Waals surface area contributed by atoms with E-state index in [1.165, 1.54) is 13.2 Å². The van der Waals surface area contributed by atoms with E-state index in [-0.39, 0.29) is 16.3 Å². The number of halogens is 3. The van der Waals surface area contributed by atoms with Crippen LogP contribution in [-0.4, -0.2) is 18.9 Å². The van der Waals surface area contributed by atoms with Gasteiger partial charge in [-0.1, -0.05) is 48.2 Å². The van der Waals surface area contributed by atoms with Gasteiger partial charge in [0.15, 0.2) is 0 Å². The number of carbonyl (C=O) groups excluding carboxylic acids is 2. The van der Waals surface area contributed by atoms with Crippen LogP contribution in [0.1, 0.15) is 5.56 Å². The molecule has 0 radical (unpaired) electrons. The van der Waals surface area contributed by atoms with Gasteiger partial charge >= 0.3 is 6.18 Å². The molecule has 1 aliphatic heterocycles. The maximum absolute atomic E-state index is 13.3. The summed E-state index contributed by atoms with van der Waals surface area (Å²) in [5.41, 5.74) is -0.726. The van der Waals surface area contributed by atoms with Gasteiger partial charge in [-0.05, 0) is 42.5 Å². The number of nitrogens with one attached hydrogen (secondary N) is 1. The van der Waals surface area contributed by atoms with Gasteiger partial charge in [-0.3, -0.25) is 9.59 Å². The third-order valence-electron chi connectivity index (χ3n) is 4.80. The predicted molar refractivity (Wildman–Crippen MR) is 120 cm³/mol. The normalized spacial score (nSPS) is 14.1. The summed E-state index contributed by atoms with van der Waals surface area (Å²) in [7, 11) is 1.46. The van der Waals surface area contributed by atoms with Crippen molar-refractivity contribution in [3.63, 3.8) is 0 Å². The molecule has 5 nitrogen and oxygen atoms in total. The lowest BCUT2D eigenvalue weighted by molar-refractivity contribution is -0.137. The zero-order valence-electron chi connectivity index (χ0n) is 17.2. The molecule has 0 bridgehead atoms. The highest BCUT2D eigenvalue weighted by molar-refractivity contribution is 8.04. The molecule has 0 aliphatic carbocycles. The van der Waals surface area contributed by atoms with E-state index < -0.39 is 23.6 Å². The van der Waals surface area contributed by atoms with Crippen molar-refractivity contribution in [3.05, 3.63) is 95.0 Å². The molecule has 0 aromatic heterocycles. The van der Waals surface area contributed by atoms with E-state index in [0.717, 1.165) is 34.9 Å². The molecule has 0 atom stereocenters. The van der Waals surface area contributed by atoms with Crippen molar-refractivity contribution in [1.29, 1.82) is 0 Å². The molecule has 1 heterocycles. The number of benzene rings is 3. The monoisotopic (exact) mass is 470 g/mol.